The fourth-order valence-corrected chi connectivity index (χ4v) is 5.05. The van der Waals surface area contributed by atoms with E-state index in [2.05, 4.69) is 25.7 Å². The highest BCUT2D eigenvalue weighted by molar-refractivity contribution is 6.29. The Hall–Kier alpha value is -3.21. The molecule has 5 rings (SSSR count). The lowest BCUT2D eigenvalue weighted by atomic mass is 10.0. The fraction of sp³-hybridized carbons (Fsp3) is 0.417. The van der Waals surface area contributed by atoms with Gasteiger partial charge in [-0.1, -0.05) is 17.7 Å². The number of nitrogens with zero attached hydrogens (tertiary/aromatic N) is 4. The zero-order chi connectivity index (χ0) is 24.5. The average molecular weight is 497 g/mol. The number of fused-ring (bicyclic) bond motifs is 1. The first-order valence-corrected chi connectivity index (χ1v) is 12.1. The molecule has 3 aliphatic heterocycles. The van der Waals surface area contributed by atoms with Crippen LogP contribution in [0.2, 0.25) is 5.15 Å². The lowest BCUT2D eigenvalue weighted by Crippen LogP contribution is -2.54. The second-order valence-electron chi connectivity index (χ2n) is 9.08. The normalized spacial score (nSPS) is 22.5. The summed E-state index contributed by atoms with van der Waals surface area (Å²) in [6.07, 6.45) is 2.31. The molecule has 0 aliphatic carbocycles. The number of halogens is 1. The average Bonchev–Trinajstić information content (AvgIpc) is 3.10. The van der Waals surface area contributed by atoms with E-state index in [1.807, 2.05) is 12.1 Å². The fourth-order valence-electron chi connectivity index (χ4n) is 4.95. The molecule has 1 aromatic heterocycles. The van der Waals surface area contributed by atoms with Gasteiger partial charge in [0.25, 0.3) is 11.8 Å². The van der Waals surface area contributed by atoms with Crippen LogP contribution in [0.3, 0.4) is 0 Å². The van der Waals surface area contributed by atoms with E-state index in [9.17, 15) is 19.2 Å². The molecule has 2 atom stereocenters. The predicted molar refractivity (Wildman–Crippen MR) is 125 cm³/mol. The van der Waals surface area contributed by atoms with E-state index in [0.717, 1.165) is 42.1 Å². The van der Waals surface area contributed by atoms with Crippen molar-refractivity contribution in [3.8, 4) is 0 Å². The lowest BCUT2D eigenvalue weighted by Gasteiger charge is -2.34. The highest BCUT2D eigenvalue weighted by Crippen LogP contribution is 2.29. The molecule has 2 N–H and O–H groups in total. The van der Waals surface area contributed by atoms with Gasteiger partial charge in [0.05, 0.1) is 16.8 Å². The number of carbonyl (C=O) groups excluding carboxylic acids is 4. The molecule has 4 amide bonds. The van der Waals surface area contributed by atoms with Gasteiger partial charge in [0.1, 0.15) is 6.04 Å². The van der Waals surface area contributed by atoms with Crippen LogP contribution < -0.4 is 10.6 Å². The minimum absolute atomic E-state index is 0.0903. The molecule has 1 aromatic carbocycles. The largest absolute Gasteiger partial charge is 0.315 e. The Labute approximate surface area is 207 Å². The van der Waals surface area contributed by atoms with Gasteiger partial charge in [0, 0.05) is 32.1 Å². The predicted octanol–water partition coefficient (Wildman–Crippen LogP) is 1.29. The molecule has 0 bridgehead atoms. The summed E-state index contributed by atoms with van der Waals surface area (Å²) >= 11 is 5.89. The third-order valence-corrected chi connectivity index (χ3v) is 6.93. The van der Waals surface area contributed by atoms with Crippen LogP contribution in [0.5, 0.6) is 0 Å². The van der Waals surface area contributed by atoms with Crippen LogP contribution in [-0.2, 0) is 22.7 Å². The highest BCUT2D eigenvalue weighted by atomic mass is 35.5. The lowest BCUT2D eigenvalue weighted by molar-refractivity contribution is -0.136. The first-order chi connectivity index (χ1) is 16.9. The molecule has 2 saturated heterocycles. The van der Waals surface area contributed by atoms with Gasteiger partial charge in [-0.3, -0.25) is 34.3 Å². The molecule has 3 aliphatic rings. The summed E-state index contributed by atoms with van der Waals surface area (Å²) in [5, 5.41) is 14.1. The van der Waals surface area contributed by atoms with Gasteiger partial charge in [-0.05, 0) is 55.6 Å². The molecular weight excluding hydrogens is 472 g/mol. The Morgan fingerprint density at radius 3 is 2.54 bits per heavy atom. The van der Waals surface area contributed by atoms with Crippen molar-refractivity contribution < 1.29 is 19.2 Å². The number of amides is 4. The van der Waals surface area contributed by atoms with Crippen molar-refractivity contribution in [3.63, 3.8) is 0 Å². The molecule has 35 heavy (non-hydrogen) atoms. The maximum Gasteiger partial charge on any atom is 0.262 e. The molecule has 2 unspecified atom stereocenters. The van der Waals surface area contributed by atoms with Crippen LogP contribution in [0.1, 0.15) is 57.7 Å². The number of rotatable bonds is 6. The monoisotopic (exact) mass is 496 g/mol. The summed E-state index contributed by atoms with van der Waals surface area (Å²) in [5.74, 6) is -2.02. The Balaban J connectivity index is 1.38. The molecule has 2 aromatic rings. The third-order valence-electron chi connectivity index (χ3n) is 6.73. The molecule has 0 radical (unpaired) electrons. The van der Waals surface area contributed by atoms with E-state index in [1.54, 1.807) is 18.2 Å². The molecule has 2 fully saturated rings. The second-order valence-corrected chi connectivity index (χ2v) is 9.47. The van der Waals surface area contributed by atoms with E-state index in [0.29, 0.717) is 18.2 Å². The summed E-state index contributed by atoms with van der Waals surface area (Å²) in [6.45, 7) is 2.93. The Kier molecular flexibility index (Phi) is 6.59. The Morgan fingerprint density at radius 2 is 1.83 bits per heavy atom. The first-order valence-electron chi connectivity index (χ1n) is 11.7. The van der Waals surface area contributed by atoms with Crippen LogP contribution in [0.25, 0.3) is 0 Å². The van der Waals surface area contributed by atoms with Crippen molar-refractivity contribution in [2.75, 3.05) is 13.1 Å². The molecule has 11 heteroatoms. The maximum absolute atomic E-state index is 13.2. The summed E-state index contributed by atoms with van der Waals surface area (Å²) < 4.78 is 0. The minimum atomic E-state index is -0.975. The smallest absolute Gasteiger partial charge is 0.262 e. The molecule has 4 heterocycles. The summed E-state index contributed by atoms with van der Waals surface area (Å²) in [4.78, 5) is 53.2. The number of imide groups is 2. The number of aromatic nitrogens is 2. The van der Waals surface area contributed by atoms with Crippen molar-refractivity contribution in [2.45, 2.75) is 50.9 Å². The maximum atomic E-state index is 13.2. The van der Waals surface area contributed by atoms with E-state index >= 15 is 0 Å². The Morgan fingerprint density at radius 1 is 1.00 bits per heavy atom. The molecule has 182 valence electrons. The van der Waals surface area contributed by atoms with Gasteiger partial charge >= 0.3 is 0 Å². The number of carbonyl (C=O) groups is 4. The van der Waals surface area contributed by atoms with Crippen molar-refractivity contribution in [1.82, 2.24) is 30.6 Å². The van der Waals surface area contributed by atoms with Gasteiger partial charge in [0.2, 0.25) is 11.8 Å². The molecular formula is C24H25ClN6O4. The number of hydrogen-bond donors (Lipinski definition) is 2. The van der Waals surface area contributed by atoms with E-state index in [4.69, 9.17) is 11.6 Å². The minimum Gasteiger partial charge on any atom is -0.315 e. The number of benzene rings is 1. The number of hydrogen-bond acceptors (Lipinski definition) is 8. The third kappa shape index (κ3) is 4.82. The van der Waals surface area contributed by atoms with E-state index in [-0.39, 0.29) is 30.0 Å². The van der Waals surface area contributed by atoms with Crippen LogP contribution in [0, 0.1) is 0 Å². The summed E-state index contributed by atoms with van der Waals surface area (Å²) in [7, 11) is 0. The van der Waals surface area contributed by atoms with Crippen molar-refractivity contribution >= 4 is 35.2 Å². The zero-order valence-corrected chi connectivity index (χ0v) is 19.8. The Bertz CT molecular complexity index is 1180. The van der Waals surface area contributed by atoms with Crippen LogP contribution in [-0.4, -0.2) is 68.8 Å². The number of piperidine rings is 2. The van der Waals surface area contributed by atoms with Crippen LogP contribution in [0.15, 0.2) is 30.3 Å². The SMILES string of the molecule is O=C1CCC(N2C(=O)c3ccc(CN(Cc4ccc(Cl)nn4)C4CCCNC4)cc3C2=O)C(=O)N1. The molecule has 10 nitrogen and oxygen atoms in total. The highest BCUT2D eigenvalue weighted by Gasteiger charge is 2.44. The molecule has 0 saturated carbocycles. The first kappa shape index (κ1) is 23.5. The van der Waals surface area contributed by atoms with Crippen LogP contribution >= 0.6 is 11.6 Å². The van der Waals surface area contributed by atoms with Gasteiger partial charge in [0.15, 0.2) is 5.15 Å². The molecule has 0 spiro atoms. The standard InChI is InChI=1S/C24H25ClN6O4/c25-20-7-4-15(28-29-20)13-30(16-2-1-9-26-11-16)12-14-3-5-17-18(10-14)24(35)31(23(17)34)19-6-8-21(32)27-22(19)33/h3-5,7,10,16,19,26H,1-2,6,8-9,11-13H2,(H,27,32,33). The van der Waals surface area contributed by atoms with Crippen LogP contribution in [0.4, 0.5) is 0 Å². The topological polar surface area (TPSA) is 125 Å². The quantitative estimate of drug-likeness (QED) is 0.573. The summed E-state index contributed by atoms with van der Waals surface area (Å²) in [5.41, 5.74) is 2.22. The van der Waals surface area contributed by atoms with Gasteiger partial charge < -0.3 is 5.32 Å². The van der Waals surface area contributed by atoms with E-state index in [1.165, 1.54) is 0 Å². The zero-order valence-electron chi connectivity index (χ0n) is 19.0. The van der Waals surface area contributed by atoms with Gasteiger partial charge in [-0.25, -0.2) is 0 Å². The number of nitrogens with one attached hydrogen (secondary N) is 2. The van der Waals surface area contributed by atoms with Crippen molar-refractivity contribution in [2.24, 2.45) is 0 Å². The van der Waals surface area contributed by atoms with Crippen molar-refractivity contribution in [1.29, 1.82) is 0 Å². The van der Waals surface area contributed by atoms with Gasteiger partial charge in [-0.2, -0.15) is 5.10 Å². The van der Waals surface area contributed by atoms with E-state index < -0.39 is 29.7 Å². The van der Waals surface area contributed by atoms with Gasteiger partial charge in [-0.15, -0.1) is 5.10 Å². The van der Waals surface area contributed by atoms with Crippen molar-refractivity contribution in [3.05, 3.63) is 57.9 Å². The summed E-state index contributed by atoms with van der Waals surface area (Å²) in [6, 6.07) is 8.08. The second kappa shape index (κ2) is 9.80.